The second-order valence-corrected chi connectivity index (χ2v) is 9.87. The summed E-state index contributed by atoms with van der Waals surface area (Å²) in [4.78, 5) is 19.7. The van der Waals surface area contributed by atoms with Crippen LogP contribution in [0.4, 0.5) is 0 Å². The average Bonchev–Trinajstić information content (AvgIpc) is 3.13. The Kier molecular flexibility index (Phi) is 9.75. The van der Waals surface area contributed by atoms with Crippen molar-refractivity contribution < 1.29 is 9.21 Å². The van der Waals surface area contributed by atoms with Gasteiger partial charge in [-0.15, -0.1) is 0 Å². The van der Waals surface area contributed by atoms with E-state index in [1.165, 1.54) is 18.6 Å². The van der Waals surface area contributed by atoms with E-state index in [9.17, 15) is 4.79 Å². The highest BCUT2D eigenvalue weighted by molar-refractivity contribution is 7.99. The van der Waals surface area contributed by atoms with Crippen LogP contribution in [0.2, 0.25) is 5.02 Å². The third-order valence-electron chi connectivity index (χ3n) is 5.64. The van der Waals surface area contributed by atoms with Gasteiger partial charge in [-0.25, -0.2) is 4.98 Å². The number of likely N-dealkylation sites (tertiary alicyclic amines) is 1. The Labute approximate surface area is 195 Å². The first kappa shape index (κ1) is 24.1. The number of halogens is 1. The third-order valence-corrected chi connectivity index (χ3v) is 7.05. The smallest absolute Gasteiger partial charge is 0.226 e. The predicted octanol–water partition coefficient (Wildman–Crippen LogP) is 5.56. The number of thioether (sulfide) groups is 1. The summed E-state index contributed by atoms with van der Waals surface area (Å²) in [7, 11) is 0. The molecule has 3 rings (SSSR count). The summed E-state index contributed by atoms with van der Waals surface area (Å²) in [5.41, 5.74) is 1.86. The molecule has 31 heavy (non-hydrogen) atoms. The van der Waals surface area contributed by atoms with E-state index in [0.717, 1.165) is 61.7 Å². The van der Waals surface area contributed by atoms with Crippen LogP contribution >= 0.6 is 23.4 Å². The second kappa shape index (κ2) is 12.5. The maximum atomic E-state index is 12.6. The molecule has 170 valence electrons. The number of nitrogens with zero attached hydrogens (tertiary/aromatic N) is 2. The SMILES string of the molecule is CCCCSCCCNC(=O)C1CCCN(Cc2nc(-c3ccc(Cl)cc3)oc2C)C1. The highest BCUT2D eigenvalue weighted by Crippen LogP contribution is 2.25. The molecule has 0 spiro atoms. The molecule has 1 unspecified atom stereocenters. The molecule has 1 amide bonds. The van der Waals surface area contributed by atoms with Gasteiger partial charge < -0.3 is 9.73 Å². The van der Waals surface area contributed by atoms with Crippen LogP contribution in [0.5, 0.6) is 0 Å². The van der Waals surface area contributed by atoms with Crippen molar-refractivity contribution >= 4 is 29.3 Å². The van der Waals surface area contributed by atoms with E-state index in [4.69, 9.17) is 21.0 Å². The molecule has 1 N–H and O–H groups in total. The fraction of sp³-hybridized carbons (Fsp3) is 0.583. The minimum atomic E-state index is 0.0597. The average molecular weight is 464 g/mol. The number of benzene rings is 1. The topological polar surface area (TPSA) is 58.4 Å². The summed E-state index contributed by atoms with van der Waals surface area (Å²) in [6, 6.07) is 7.52. The van der Waals surface area contributed by atoms with E-state index in [1.807, 2.05) is 43.0 Å². The van der Waals surface area contributed by atoms with Crippen LogP contribution in [-0.2, 0) is 11.3 Å². The Hall–Kier alpha value is -1.50. The van der Waals surface area contributed by atoms with Crippen molar-refractivity contribution in [1.29, 1.82) is 0 Å². The van der Waals surface area contributed by atoms with Crippen molar-refractivity contribution in [3.05, 3.63) is 40.7 Å². The van der Waals surface area contributed by atoms with Crippen molar-refractivity contribution in [3.8, 4) is 11.5 Å². The van der Waals surface area contributed by atoms with E-state index in [1.54, 1.807) is 0 Å². The first-order valence-corrected chi connectivity index (χ1v) is 12.9. The summed E-state index contributed by atoms with van der Waals surface area (Å²) in [5.74, 6) is 4.05. The normalized spacial score (nSPS) is 17.1. The van der Waals surface area contributed by atoms with Crippen LogP contribution in [0.1, 0.15) is 50.5 Å². The Bertz CT molecular complexity index is 825. The monoisotopic (exact) mass is 463 g/mol. The van der Waals surface area contributed by atoms with E-state index in [2.05, 4.69) is 17.1 Å². The van der Waals surface area contributed by atoms with Gasteiger partial charge in [0.15, 0.2) is 0 Å². The number of rotatable bonds is 11. The molecular weight excluding hydrogens is 430 g/mol. The zero-order valence-electron chi connectivity index (χ0n) is 18.7. The number of carbonyl (C=O) groups excluding carboxylic acids is 1. The fourth-order valence-electron chi connectivity index (χ4n) is 3.79. The number of amides is 1. The number of oxazole rings is 1. The summed E-state index contributed by atoms with van der Waals surface area (Å²) in [6.45, 7) is 7.42. The van der Waals surface area contributed by atoms with Gasteiger partial charge in [0.25, 0.3) is 0 Å². The summed E-state index contributed by atoms with van der Waals surface area (Å²) in [5, 5.41) is 3.84. The molecule has 0 bridgehead atoms. The first-order chi connectivity index (χ1) is 15.1. The predicted molar refractivity (Wildman–Crippen MR) is 130 cm³/mol. The van der Waals surface area contributed by atoms with E-state index >= 15 is 0 Å². The highest BCUT2D eigenvalue weighted by Gasteiger charge is 2.26. The summed E-state index contributed by atoms with van der Waals surface area (Å²) < 4.78 is 5.89. The number of aromatic nitrogens is 1. The van der Waals surface area contributed by atoms with Gasteiger partial charge in [0.05, 0.1) is 11.6 Å². The van der Waals surface area contributed by atoms with Gasteiger partial charge >= 0.3 is 0 Å². The van der Waals surface area contributed by atoms with Gasteiger partial charge in [-0.1, -0.05) is 24.9 Å². The molecular formula is C24H34ClN3O2S. The molecule has 1 aliphatic rings. The molecule has 7 heteroatoms. The number of piperidine rings is 1. The van der Waals surface area contributed by atoms with Gasteiger partial charge in [0.2, 0.25) is 11.8 Å². The zero-order valence-corrected chi connectivity index (χ0v) is 20.2. The number of hydrogen-bond acceptors (Lipinski definition) is 5. The molecule has 2 aromatic rings. The zero-order chi connectivity index (χ0) is 22.1. The second-order valence-electron chi connectivity index (χ2n) is 8.21. The molecule has 5 nitrogen and oxygen atoms in total. The van der Waals surface area contributed by atoms with Gasteiger partial charge in [-0.05, 0) is 74.9 Å². The molecule has 1 fully saturated rings. The molecule has 0 radical (unpaired) electrons. The minimum Gasteiger partial charge on any atom is -0.441 e. The van der Waals surface area contributed by atoms with Crippen LogP contribution in [0, 0.1) is 12.8 Å². The van der Waals surface area contributed by atoms with E-state index in [-0.39, 0.29) is 11.8 Å². The van der Waals surface area contributed by atoms with Crippen LogP contribution in [0.25, 0.3) is 11.5 Å². The molecule has 1 atom stereocenters. The maximum absolute atomic E-state index is 12.6. The lowest BCUT2D eigenvalue weighted by Crippen LogP contribution is -2.43. The van der Waals surface area contributed by atoms with Crippen LogP contribution in [0.15, 0.2) is 28.7 Å². The third kappa shape index (κ3) is 7.55. The number of unbranched alkanes of at least 4 members (excludes halogenated alkanes) is 1. The Morgan fingerprint density at radius 2 is 2.06 bits per heavy atom. The number of carbonyl (C=O) groups is 1. The maximum Gasteiger partial charge on any atom is 0.226 e. The van der Waals surface area contributed by atoms with Crippen molar-refractivity contribution in [2.24, 2.45) is 5.92 Å². The first-order valence-electron chi connectivity index (χ1n) is 11.4. The number of aryl methyl sites for hydroxylation is 1. The van der Waals surface area contributed by atoms with Crippen LogP contribution in [-0.4, -0.2) is 46.9 Å². The van der Waals surface area contributed by atoms with Crippen molar-refractivity contribution in [2.45, 2.75) is 52.5 Å². The molecule has 2 heterocycles. The molecule has 1 aromatic carbocycles. The minimum absolute atomic E-state index is 0.0597. The number of hydrogen-bond donors (Lipinski definition) is 1. The van der Waals surface area contributed by atoms with E-state index < -0.39 is 0 Å². The Morgan fingerprint density at radius 1 is 1.29 bits per heavy atom. The lowest BCUT2D eigenvalue weighted by atomic mass is 9.97. The molecule has 0 aliphatic carbocycles. The van der Waals surface area contributed by atoms with Crippen molar-refractivity contribution in [3.63, 3.8) is 0 Å². The Morgan fingerprint density at radius 3 is 2.84 bits per heavy atom. The molecule has 1 aromatic heterocycles. The van der Waals surface area contributed by atoms with E-state index in [0.29, 0.717) is 17.5 Å². The Balaban J connectivity index is 1.46. The molecule has 0 saturated carbocycles. The van der Waals surface area contributed by atoms with Gasteiger partial charge in [0.1, 0.15) is 5.76 Å². The van der Waals surface area contributed by atoms with Gasteiger partial charge in [-0.2, -0.15) is 11.8 Å². The lowest BCUT2D eigenvalue weighted by molar-refractivity contribution is -0.126. The van der Waals surface area contributed by atoms with Crippen LogP contribution in [0.3, 0.4) is 0 Å². The van der Waals surface area contributed by atoms with Crippen LogP contribution < -0.4 is 5.32 Å². The van der Waals surface area contributed by atoms with Crippen molar-refractivity contribution in [1.82, 2.24) is 15.2 Å². The fourth-order valence-corrected chi connectivity index (χ4v) is 4.97. The standard InChI is InChI=1S/C24H34ClN3O2S/c1-3-4-14-31-15-6-12-26-23(29)20-7-5-13-28(16-20)17-22-18(2)30-24(27-22)19-8-10-21(25)11-9-19/h8-11,20H,3-7,12-17H2,1-2H3,(H,26,29). The molecule has 1 aliphatic heterocycles. The van der Waals surface area contributed by atoms with Crippen molar-refractivity contribution in [2.75, 3.05) is 31.1 Å². The largest absolute Gasteiger partial charge is 0.441 e. The lowest BCUT2D eigenvalue weighted by Gasteiger charge is -2.31. The van der Waals surface area contributed by atoms with Gasteiger partial charge in [-0.3, -0.25) is 9.69 Å². The highest BCUT2D eigenvalue weighted by atomic mass is 35.5. The summed E-state index contributed by atoms with van der Waals surface area (Å²) in [6.07, 6.45) is 5.56. The van der Waals surface area contributed by atoms with Gasteiger partial charge in [0, 0.05) is 30.2 Å². The molecule has 1 saturated heterocycles. The summed E-state index contributed by atoms with van der Waals surface area (Å²) >= 11 is 7.96. The quantitative estimate of drug-likeness (QED) is 0.442. The number of nitrogens with one attached hydrogen (secondary N) is 1.